The molecule has 0 aliphatic carbocycles. The van der Waals surface area contributed by atoms with E-state index in [1.807, 2.05) is 24.3 Å². The van der Waals surface area contributed by atoms with Gasteiger partial charge in [-0.3, -0.25) is 9.20 Å². The first kappa shape index (κ1) is 18.3. The number of nitrogens with zero attached hydrogens (tertiary/aromatic N) is 3. The Morgan fingerprint density at radius 2 is 2.04 bits per heavy atom. The number of halogens is 2. The SMILES string of the molecule is Cc1nc2ccccn2c1C(=O)N/N=C/c1ccc(-c2ccc(Cl)c(Cl)c2)o1. The third-order valence-electron chi connectivity index (χ3n) is 4.11. The lowest BCUT2D eigenvalue weighted by molar-refractivity contribution is 0.0948. The molecule has 0 radical (unpaired) electrons. The molecule has 1 N–H and O–H groups in total. The molecule has 8 heteroatoms. The Bertz CT molecular complexity index is 1210. The maximum absolute atomic E-state index is 12.5. The summed E-state index contributed by atoms with van der Waals surface area (Å²) in [6.45, 7) is 1.78. The Kier molecular flexibility index (Phi) is 4.90. The number of pyridine rings is 1. The molecule has 0 aliphatic rings. The van der Waals surface area contributed by atoms with Crippen LogP contribution in [0.1, 0.15) is 21.9 Å². The molecule has 0 saturated heterocycles. The summed E-state index contributed by atoms with van der Waals surface area (Å²) in [4.78, 5) is 16.8. The van der Waals surface area contributed by atoms with Crippen molar-refractivity contribution in [2.75, 3.05) is 0 Å². The van der Waals surface area contributed by atoms with Crippen LogP contribution in [0.15, 0.2) is 64.2 Å². The molecule has 0 unspecified atom stereocenters. The largest absolute Gasteiger partial charge is 0.455 e. The molecule has 4 rings (SSSR count). The van der Waals surface area contributed by atoms with Crippen LogP contribution in [-0.4, -0.2) is 21.5 Å². The van der Waals surface area contributed by atoms with E-state index in [0.717, 1.165) is 5.56 Å². The molecule has 4 aromatic rings. The van der Waals surface area contributed by atoms with E-state index in [-0.39, 0.29) is 5.91 Å². The van der Waals surface area contributed by atoms with E-state index in [1.54, 1.807) is 41.8 Å². The van der Waals surface area contributed by atoms with Gasteiger partial charge in [0.1, 0.15) is 22.9 Å². The van der Waals surface area contributed by atoms with Gasteiger partial charge in [-0.2, -0.15) is 5.10 Å². The first-order chi connectivity index (χ1) is 13.5. The topological polar surface area (TPSA) is 71.9 Å². The van der Waals surface area contributed by atoms with E-state index < -0.39 is 0 Å². The number of aromatic nitrogens is 2. The van der Waals surface area contributed by atoms with Crippen molar-refractivity contribution in [1.82, 2.24) is 14.8 Å². The van der Waals surface area contributed by atoms with Crippen molar-refractivity contribution in [1.29, 1.82) is 0 Å². The minimum absolute atomic E-state index is 0.358. The number of furan rings is 1. The summed E-state index contributed by atoms with van der Waals surface area (Å²) in [7, 11) is 0. The number of fused-ring (bicyclic) bond motifs is 1. The van der Waals surface area contributed by atoms with E-state index in [1.165, 1.54) is 6.21 Å². The maximum atomic E-state index is 12.5. The lowest BCUT2D eigenvalue weighted by Crippen LogP contribution is -2.20. The van der Waals surface area contributed by atoms with Crippen LogP contribution in [0.25, 0.3) is 17.0 Å². The van der Waals surface area contributed by atoms with Gasteiger partial charge in [0.25, 0.3) is 5.91 Å². The Morgan fingerprint density at radius 3 is 2.86 bits per heavy atom. The third-order valence-corrected chi connectivity index (χ3v) is 4.85. The highest BCUT2D eigenvalue weighted by Crippen LogP contribution is 2.29. The van der Waals surface area contributed by atoms with E-state index >= 15 is 0 Å². The molecule has 3 heterocycles. The van der Waals surface area contributed by atoms with Gasteiger partial charge < -0.3 is 4.42 Å². The van der Waals surface area contributed by atoms with Crippen molar-refractivity contribution < 1.29 is 9.21 Å². The van der Waals surface area contributed by atoms with E-state index in [2.05, 4.69) is 15.5 Å². The number of rotatable bonds is 4. The van der Waals surface area contributed by atoms with Gasteiger partial charge in [0.15, 0.2) is 0 Å². The van der Waals surface area contributed by atoms with Crippen molar-refractivity contribution in [3.63, 3.8) is 0 Å². The number of imidazole rings is 1. The number of amides is 1. The Balaban J connectivity index is 1.49. The number of hydrogen-bond acceptors (Lipinski definition) is 4. The summed E-state index contributed by atoms with van der Waals surface area (Å²) < 4.78 is 7.43. The number of benzene rings is 1. The average molecular weight is 413 g/mol. The summed E-state index contributed by atoms with van der Waals surface area (Å²) in [5, 5.41) is 4.90. The van der Waals surface area contributed by atoms with Crippen molar-refractivity contribution in [3.8, 4) is 11.3 Å². The molecule has 0 bridgehead atoms. The highest BCUT2D eigenvalue weighted by molar-refractivity contribution is 6.42. The minimum Gasteiger partial charge on any atom is -0.455 e. The molecule has 0 atom stereocenters. The Hall–Kier alpha value is -3.09. The van der Waals surface area contributed by atoms with Crippen LogP contribution in [0.3, 0.4) is 0 Å². The minimum atomic E-state index is -0.358. The van der Waals surface area contributed by atoms with Crippen LogP contribution in [-0.2, 0) is 0 Å². The highest BCUT2D eigenvalue weighted by Gasteiger charge is 2.15. The van der Waals surface area contributed by atoms with Gasteiger partial charge in [-0.15, -0.1) is 0 Å². The molecule has 0 fully saturated rings. The summed E-state index contributed by atoms with van der Waals surface area (Å²) in [6.07, 6.45) is 3.21. The fourth-order valence-corrected chi connectivity index (χ4v) is 3.12. The van der Waals surface area contributed by atoms with Crippen molar-refractivity contribution in [2.24, 2.45) is 5.10 Å². The van der Waals surface area contributed by atoms with Gasteiger partial charge in [-0.05, 0) is 49.4 Å². The maximum Gasteiger partial charge on any atom is 0.290 e. The quantitative estimate of drug-likeness (QED) is 0.379. The Labute approximate surface area is 170 Å². The monoisotopic (exact) mass is 412 g/mol. The molecule has 140 valence electrons. The molecule has 0 aliphatic heterocycles. The van der Waals surface area contributed by atoms with Crippen LogP contribution in [0.2, 0.25) is 10.0 Å². The molecule has 6 nitrogen and oxygen atoms in total. The fraction of sp³-hybridized carbons (Fsp3) is 0.0500. The Morgan fingerprint density at radius 1 is 1.18 bits per heavy atom. The van der Waals surface area contributed by atoms with Gasteiger partial charge in [-0.1, -0.05) is 29.3 Å². The van der Waals surface area contributed by atoms with Gasteiger partial charge in [0.2, 0.25) is 0 Å². The zero-order valence-corrected chi connectivity index (χ0v) is 16.2. The normalized spacial score (nSPS) is 11.4. The zero-order chi connectivity index (χ0) is 19.7. The van der Waals surface area contributed by atoms with Crippen LogP contribution in [0, 0.1) is 6.92 Å². The first-order valence-corrected chi connectivity index (χ1v) is 9.11. The number of hydrogen-bond donors (Lipinski definition) is 1. The van der Waals surface area contributed by atoms with Gasteiger partial charge in [0, 0.05) is 11.8 Å². The number of nitrogens with one attached hydrogen (secondary N) is 1. The second-order valence-corrected chi connectivity index (χ2v) is 6.82. The third kappa shape index (κ3) is 3.52. The van der Waals surface area contributed by atoms with Crippen LogP contribution >= 0.6 is 23.2 Å². The van der Waals surface area contributed by atoms with Crippen molar-refractivity contribution in [3.05, 3.63) is 81.9 Å². The number of carbonyl (C=O) groups excluding carboxylic acids is 1. The van der Waals surface area contributed by atoms with Crippen LogP contribution in [0.5, 0.6) is 0 Å². The van der Waals surface area contributed by atoms with Crippen molar-refractivity contribution in [2.45, 2.75) is 6.92 Å². The number of carbonyl (C=O) groups is 1. The molecule has 1 amide bonds. The molecule has 1 aromatic carbocycles. The smallest absolute Gasteiger partial charge is 0.290 e. The summed E-state index contributed by atoms with van der Waals surface area (Å²) >= 11 is 12.0. The number of hydrazone groups is 1. The van der Waals surface area contributed by atoms with E-state index in [9.17, 15) is 4.79 Å². The zero-order valence-electron chi connectivity index (χ0n) is 14.7. The second kappa shape index (κ2) is 7.50. The fourth-order valence-electron chi connectivity index (χ4n) is 2.82. The van der Waals surface area contributed by atoms with Crippen LogP contribution in [0.4, 0.5) is 0 Å². The van der Waals surface area contributed by atoms with Crippen molar-refractivity contribution >= 4 is 41.0 Å². The summed E-state index contributed by atoms with van der Waals surface area (Å²) in [5.41, 5.74) is 5.05. The predicted octanol–water partition coefficient (Wildman–Crippen LogP) is 4.97. The lowest BCUT2D eigenvalue weighted by atomic mass is 10.2. The average Bonchev–Trinajstić information content (AvgIpc) is 3.27. The molecule has 0 saturated carbocycles. The van der Waals surface area contributed by atoms with Gasteiger partial charge in [-0.25, -0.2) is 10.4 Å². The first-order valence-electron chi connectivity index (χ1n) is 8.35. The predicted molar refractivity (Wildman–Crippen MR) is 109 cm³/mol. The molecule has 0 spiro atoms. The molecular formula is C20H14Cl2N4O2. The summed E-state index contributed by atoms with van der Waals surface area (Å²) in [5.74, 6) is 0.740. The lowest BCUT2D eigenvalue weighted by Gasteiger charge is -2.01. The second-order valence-electron chi connectivity index (χ2n) is 6.00. The summed E-state index contributed by atoms with van der Waals surface area (Å²) in [6, 6.07) is 14.3. The standard InChI is InChI=1S/C20H14Cl2N4O2/c1-12-19(26-9-3-2-4-18(26)24-12)20(27)25-23-11-14-6-8-17(28-14)13-5-7-15(21)16(22)10-13/h2-11H,1H3,(H,25,27)/b23-11+. The molecule has 3 aromatic heterocycles. The van der Waals surface area contributed by atoms with E-state index in [0.29, 0.717) is 38.6 Å². The van der Waals surface area contributed by atoms with Gasteiger partial charge >= 0.3 is 0 Å². The highest BCUT2D eigenvalue weighted by atomic mass is 35.5. The van der Waals surface area contributed by atoms with E-state index in [4.69, 9.17) is 27.6 Å². The molecule has 28 heavy (non-hydrogen) atoms. The van der Waals surface area contributed by atoms with Crippen LogP contribution < -0.4 is 5.43 Å². The number of aryl methyl sites for hydroxylation is 1. The molecular weight excluding hydrogens is 399 g/mol. The van der Waals surface area contributed by atoms with Gasteiger partial charge in [0.05, 0.1) is 22.0 Å².